The van der Waals surface area contributed by atoms with E-state index in [0.29, 0.717) is 0 Å². The van der Waals surface area contributed by atoms with Gasteiger partial charge in [0.2, 0.25) is 0 Å². The minimum Gasteiger partial charge on any atom is -0.386 e. The van der Waals surface area contributed by atoms with Gasteiger partial charge in [-0.05, 0) is 18.4 Å². The van der Waals surface area contributed by atoms with Crippen LogP contribution in [0.3, 0.4) is 0 Å². The first-order valence-electron chi connectivity index (χ1n) is 4.72. The van der Waals surface area contributed by atoms with Crippen LogP contribution in [0, 0.1) is 0 Å². The maximum absolute atomic E-state index is 9.90. The molecule has 2 rings (SSSR count). The Morgan fingerprint density at radius 1 is 1.31 bits per heavy atom. The van der Waals surface area contributed by atoms with Gasteiger partial charge in [0.05, 0.1) is 6.10 Å². The quantitative estimate of drug-likeness (QED) is 0.749. The summed E-state index contributed by atoms with van der Waals surface area (Å²) in [6.07, 6.45) is 1.58. The fourth-order valence-corrected chi connectivity index (χ4v) is 1.72. The lowest BCUT2D eigenvalue weighted by Crippen LogP contribution is -2.16. The highest BCUT2D eigenvalue weighted by Gasteiger charge is 2.24. The summed E-state index contributed by atoms with van der Waals surface area (Å²) in [5, 5.41) is 9.90. The van der Waals surface area contributed by atoms with Gasteiger partial charge in [-0.15, -0.1) is 0 Å². The van der Waals surface area contributed by atoms with E-state index in [9.17, 15) is 5.11 Å². The van der Waals surface area contributed by atoms with Crippen molar-refractivity contribution in [3.63, 3.8) is 0 Å². The molecule has 1 aliphatic rings. The third-order valence-electron chi connectivity index (χ3n) is 2.46. The molecule has 1 N–H and O–H groups in total. The van der Waals surface area contributed by atoms with Gasteiger partial charge in [-0.3, -0.25) is 0 Å². The Labute approximate surface area is 78.2 Å². The van der Waals surface area contributed by atoms with Crippen LogP contribution in [-0.2, 0) is 4.74 Å². The molecule has 1 fully saturated rings. The van der Waals surface area contributed by atoms with Gasteiger partial charge in [0, 0.05) is 6.61 Å². The molecule has 0 amide bonds. The first-order chi connectivity index (χ1) is 6.38. The molecular weight excluding hydrogens is 164 g/mol. The third-order valence-corrected chi connectivity index (χ3v) is 2.46. The van der Waals surface area contributed by atoms with E-state index in [4.69, 9.17) is 4.74 Å². The van der Waals surface area contributed by atoms with Crippen molar-refractivity contribution < 1.29 is 9.84 Å². The zero-order valence-corrected chi connectivity index (χ0v) is 7.52. The summed E-state index contributed by atoms with van der Waals surface area (Å²) < 4.78 is 5.42. The van der Waals surface area contributed by atoms with Crippen molar-refractivity contribution in [3.05, 3.63) is 35.9 Å². The van der Waals surface area contributed by atoms with Crippen molar-refractivity contribution in [3.8, 4) is 0 Å². The van der Waals surface area contributed by atoms with E-state index in [1.54, 1.807) is 0 Å². The second kappa shape index (κ2) is 3.90. The van der Waals surface area contributed by atoms with Crippen LogP contribution in [0.25, 0.3) is 0 Å². The van der Waals surface area contributed by atoms with Gasteiger partial charge in [0.15, 0.2) is 0 Å². The monoisotopic (exact) mass is 178 g/mol. The normalized spacial score (nSPS) is 24.5. The number of benzene rings is 1. The highest BCUT2D eigenvalue weighted by molar-refractivity contribution is 5.18. The summed E-state index contributed by atoms with van der Waals surface area (Å²) in [4.78, 5) is 0. The summed E-state index contributed by atoms with van der Waals surface area (Å²) in [7, 11) is 0. The van der Waals surface area contributed by atoms with Crippen molar-refractivity contribution in [1.29, 1.82) is 0 Å². The maximum atomic E-state index is 9.90. The van der Waals surface area contributed by atoms with Crippen LogP contribution < -0.4 is 0 Å². The standard InChI is InChI=1S/C11H14O2/c12-11(10-7-4-8-13-10)9-5-2-1-3-6-9/h1-3,5-6,10-12H,4,7-8H2/t10-,11+/m0/s1. The van der Waals surface area contributed by atoms with E-state index in [2.05, 4.69) is 0 Å². The first-order valence-corrected chi connectivity index (χ1v) is 4.72. The molecule has 1 saturated heterocycles. The molecule has 2 atom stereocenters. The van der Waals surface area contributed by atoms with Crippen molar-refractivity contribution in [2.45, 2.75) is 25.0 Å². The number of hydrogen-bond acceptors (Lipinski definition) is 2. The van der Waals surface area contributed by atoms with E-state index >= 15 is 0 Å². The third kappa shape index (κ3) is 1.90. The maximum Gasteiger partial charge on any atom is 0.105 e. The number of hydrogen-bond donors (Lipinski definition) is 1. The largest absolute Gasteiger partial charge is 0.386 e. The lowest BCUT2D eigenvalue weighted by atomic mass is 10.0. The summed E-state index contributed by atoms with van der Waals surface area (Å²) in [6, 6.07) is 9.70. The minimum absolute atomic E-state index is 0.00222. The topological polar surface area (TPSA) is 29.5 Å². The van der Waals surface area contributed by atoms with Crippen molar-refractivity contribution in [1.82, 2.24) is 0 Å². The van der Waals surface area contributed by atoms with Gasteiger partial charge in [-0.25, -0.2) is 0 Å². The Bertz CT molecular complexity index is 252. The van der Waals surface area contributed by atoms with Gasteiger partial charge in [-0.2, -0.15) is 0 Å². The molecular formula is C11H14O2. The highest BCUT2D eigenvalue weighted by Crippen LogP contribution is 2.26. The van der Waals surface area contributed by atoms with Crippen LogP contribution in [-0.4, -0.2) is 17.8 Å². The molecule has 0 aliphatic carbocycles. The number of ether oxygens (including phenoxy) is 1. The Kier molecular flexibility index (Phi) is 2.62. The molecule has 0 unspecified atom stereocenters. The van der Waals surface area contributed by atoms with Gasteiger partial charge >= 0.3 is 0 Å². The molecule has 2 nitrogen and oxygen atoms in total. The van der Waals surface area contributed by atoms with Gasteiger partial charge in [0.1, 0.15) is 6.10 Å². The van der Waals surface area contributed by atoms with Crippen LogP contribution in [0.2, 0.25) is 0 Å². The molecule has 0 aromatic heterocycles. The SMILES string of the molecule is O[C@H](c1ccccc1)[C@@H]1CCCO1. The van der Waals surface area contributed by atoms with Gasteiger partial charge in [-0.1, -0.05) is 30.3 Å². The Morgan fingerprint density at radius 2 is 2.08 bits per heavy atom. The van der Waals surface area contributed by atoms with Crippen LogP contribution in [0.5, 0.6) is 0 Å². The van der Waals surface area contributed by atoms with Crippen molar-refractivity contribution in [2.24, 2.45) is 0 Å². The number of aliphatic hydroxyl groups excluding tert-OH is 1. The van der Waals surface area contributed by atoms with Crippen LogP contribution in [0.15, 0.2) is 30.3 Å². The molecule has 0 saturated carbocycles. The molecule has 1 aliphatic heterocycles. The number of aliphatic hydroxyl groups is 1. The van der Waals surface area contributed by atoms with E-state index in [-0.39, 0.29) is 6.10 Å². The van der Waals surface area contributed by atoms with E-state index < -0.39 is 6.10 Å². The minimum atomic E-state index is -0.455. The summed E-state index contributed by atoms with van der Waals surface area (Å²) in [5.74, 6) is 0. The molecule has 2 heteroatoms. The molecule has 0 radical (unpaired) electrons. The second-order valence-corrected chi connectivity index (χ2v) is 3.41. The van der Waals surface area contributed by atoms with Crippen molar-refractivity contribution >= 4 is 0 Å². The predicted molar refractivity (Wildman–Crippen MR) is 50.4 cm³/mol. The lowest BCUT2D eigenvalue weighted by molar-refractivity contribution is -0.00258. The molecule has 1 heterocycles. The Hall–Kier alpha value is -0.860. The average Bonchev–Trinajstić information content (AvgIpc) is 2.71. The van der Waals surface area contributed by atoms with Crippen LogP contribution >= 0.6 is 0 Å². The average molecular weight is 178 g/mol. The molecule has 1 aromatic carbocycles. The number of rotatable bonds is 2. The summed E-state index contributed by atoms with van der Waals surface area (Å²) in [6.45, 7) is 0.786. The molecule has 1 aromatic rings. The van der Waals surface area contributed by atoms with Gasteiger partial charge < -0.3 is 9.84 Å². The van der Waals surface area contributed by atoms with E-state index in [1.165, 1.54) is 0 Å². The zero-order chi connectivity index (χ0) is 9.10. The molecule has 0 bridgehead atoms. The van der Waals surface area contributed by atoms with E-state index in [0.717, 1.165) is 25.0 Å². The fraction of sp³-hybridized carbons (Fsp3) is 0.455. The Morgan fingerprint density at radius 3 is 2.69 bits per heavy atom. The van der Waals surface area contributed by atoms with Crippen molar-refractivity contribution in [2.75, 3.05) is 6.61 Å². The van der Waals surface area contributed by atoms with Crippen LogP contribution in [0.1, 0.15) is 24.5 Å². The molecule has 0 spiro atoms. The summed E-state index contributed by atoms with van der Waals surface area (Å²) >= 11 is 0. The predicted octanol–water partition coefficient (Wildman–Crippen LogP) is 1.90. The molecule has 13 heavy (non-hydrogen) atoms. The summed E-state index contributed by atoms with van der Waals surface area (Å²) in [5.41, 5.74) is 0.953. The smallest absolute Gasteiger partial charge is 0.105 e. The second-order valence-electron chi connectivity index (χ2n) is 3.41. The lowest BCUT2D eigenvalue weighted by Gasteiger charge is -2.17. The Balaban J connectivity index is 2.08. The van der Waals surface area contributed by atoms with Crippen LogP contribution in [0.4, 0.5) is 0 Å². The van der Waals surface area contributed by atoms with E-state index in [1.807, 2.05) is 30.3 Å². The highest BCUT2D eigenvalue weighted by atomic mass is 16.5. The fourth-order valence-electron chi connectivity index (χ4n) is 1.72. The first kappa shape index (κ1) is 8.73. The molecule has 70 valence electrons. The zero-order valence-electron chi connectivity index (χ0n) is 7.52. The van der Waals surface area contributed by atoms with Gasteiger partial charge in [0.25, 0.3) is 0 Å².